The second-order valence-corrected chi connectivity index (χ2v) is 10.7. The van der Waals surface area contributed by atoms with Crippen LogP contribution in [0, 0.1) is 5.92 Å². The van der Waals surface area contributed by atoms with Crippen LogP contribution >= 0.6 is 0 Å². The summed E-state index contributed by atoms with van der Waals surface area (Å²) in [5, 5.41) is 20.1. The van der Waals surface area contributed by atoms with Crippen LogP contribution in [0.1, 0.15) is 46.5 Å². The maximum absolute atomic E-state index is 13.1. The van der Waals surface area contributed by atoms with E-state index < -0.39 is 11.7 Å². The van der Waals surface area contributed by atoms with Gasteiger partial charge in [-0.15, -0.1) is 0 Å². The van der Waals surface area contributed by atoms with Gasteiger partial charge in [0.15, 0.2) is 5.82 Å². The van der Waals surface area contributed by atoms with Crippen molar-refractivity contribution < 1.29 is 14.3 Å². The number of nitrogens with zero attached hydrogens (tertiary/aromatic N) is 1. The van der Waals surface area contributed by atoms with E-state index >= 15 is 0 Å². The molecule has 0 radical (unpaired) electrons. The third-order valence-electron chi connectivity index (χ3n) is 6.64. The first-order valence-corrected chi connectivity index (χ1v) is 12.8. The van der Waals surface area contributed by atoms with Crippen LogP contribution in [0.5, 0.6) is 0 Å². The molecule has 192 valence electrons. The number of aromatic amines is 1. The van der Waals surface area contributed by atoms with Crippen molar-refractivity contribution in [1.82, 2.24) is 15.5 Å². The second-order valence-electron chi connectivity index (χ2n) is 10.7. The van der Waals surface area contributed by atoms with E-state index in [2.05, 4.69) is 44.3 Å². The summed E-state index contributed by atoms with van der Waals surface area (Å²) >= 11 is 0. The summed E-state index contributed by atoms with van der Waals surface area (Å²) in [5.41, 5.74) is 2.00. The minimum atomic E-state index is -0.553. The fourth-order valence-corrected chi connectivity index (χ4v) is 4.93. The molecule has 1 aromatic heterocycles. The summed E-state index contributed by atoms with van der Waals surface area (Å²) in [4.78, 5) is 25.3. The van der Waals surface area contributed by atoms with Gasteiger partial charge < -0.3 is 20.7 Å². The van der Waals surface area contributed by atoms with E-state index in [-0.39, 0.29) is 17.9 Å². The van der Waals surface area contributed by atoms with Gasteiger partial charge in [0.05, 0.1) is 5.52 Å². The Kier molecular flexibility index (Phi) is 6.74. The molecular weight excluding hydrogens is 466 g/mol. The van der Waals surface area contributed by atoms with Crippen LogP contribution in [-0.4, -0.2) is 33.8 Å². The van der Waals surface area contributed by atoms with Gasteiger partial charge in [0, 0.05) is 34.1 Å². The van der Waals surface area contributed by atoms with Gasteiger partial charge in [-0.05, 0) is 69.7 Å². The molecule has 3 aromatic carbocycles. The number of hydrogen-bond acceptors (Lipinski definition) is 5. The molecule has 0 bridgehead atoms. The van der Waals surface area contributed by atoms with Gasteiger partial charge in [-0.3, -0.25) is 9.89 Å². The molecule has 5 rings (SSSR count). The van der Waals surface area contributed by atoms with Crippen molar-refractivity contribution in [2.45, 2.75) is 58.1 Å². The largest absolute Gasteiger partial charge is 0.444 e. The summed E-state index contributed by atoms with van der Waals surface area (Å²) in [6, 6.07) is 20.0. The minimum Gasteiger partial charge on any atom is -0.444 e. The third kappa shape index (κ3) is 5.85. The number of hydrogen-bond donors (Lipinski definition) is 4. The zero-order valence-corrected chi connectivity index (χ0v) is 21.4. The first-order chi connectivity index (χ1) is 17.7. The molecular formula is C29H33N5O3. The normalized spacial score (nSPS) is 17.9. The lowest BCUT2D eigenvalue weighted by atomic mass is 9.85. The highest BCUT2D eigenvalue weighted by molar-refractivity contribution is 6.01. The molecule has 8 nitrogen and oxygen atoms in total. The molecule has 1 saturated carbocycles. The van der Waals surface area contributed by atoms with Gasteiger partial charge in [-0.1, -0.05) is 42.8 Å². The Morgan fingerprint density at radius 3 is 2.65 bits per heavy atom. The van der Waals surface area contributed by atoms with Crippen molar-refractivity contribution in [3.63, 3.8) is 0 Å². The second kappa shape index (κ2) is 10.1. The highest BCUT2D eigenvalue weighted by Crippen LogP contribution is 2.31. The number of H-pyrrole nitrogens is 1. The zero-order valence-electron chi connectivity index (χ0n) is 21.4. The predicted molar refractivity (Wildman–Crippen MR) is 147 cm³/mol. The van der Waals surface area contributed by atoms with Gasteiger partial charge in [0.2, 0.25) is 5.91 Å². The van der Waals surface area contributed by atoms with E-state index in [1.807, 2.05) is 63.2 Å². The van der Waals surface area contributed by atoms with Crippen LogP contribution in [0.25, 0.3) is 21.7 Å². The molecule has 2 atom stereocenters. The molecule has 0 saturated heterocycles. The molecule has 0 spiro atoms. The summed E-state index contributed by atoms with van der Waals surface area (Å²) < 4.78 is 5.38. The lowest BCUT2D eigenvalue weighted by Crippen LogP contribution is -2.43. The minimum absolute atomic E-state index is 0.0397. The van der Waals surface area contributed by atoms with Crippen LogP contribution in [0.15, 0.2) is 60.7 Å². The molecule has 1 aliphatic rings. The van der Waals surface area contributed by atoms with Crippen molar-refractivity contribution >= 4 is 50.9 Å². The van der Waals surface area contributed by atoms with Crippen LogP contribution in [-0.2, 0) is 9.53 Å². The molecule has 8 heteroatoms. The van der Waals surface area contributed by atoms with E-state index in [0.717, 1.165) is 46.6 Å². The lowest BCUT2D eigenvalue weighted by molar-refractivity contribution is -0.121. The Bertz CT molecular complexity index is 1430. The molecule has 1 fully saturated rings. The fourth-order valence-electron chi connectivity index (χ4n) is 4.93. The molecule has 4 aromatic rings. The van der Waals surface area contributed by atoms with Crippen LogP contribution in [0.4, 0.5) is 22.0 Å². The first-order valence-electron chi connectivity index (χ1n) is 12.8. The number of carbonyl (C=O) groups excluding carboxylic acids is 2. The average Bonchev–Trinajstić information content (AvgIpc) is 3.25. The molecule has 4 N–H and O–H groups in total. The van der Waals surface area contributed by atoms with Gasteiger partial charge in [-0.2, -0.15) is 5.10 Å². The molecule has 37 heavy (non-hydrogen) atoms. The fraction of sp³-hybridized carbons (Fsp3) is 0.345. The smallest absolute Gasteiger partial charge is 0.407 e. The third-order valence-corrected chi connectivity index (χ3v) is 6.64. The molecule has 0 aliphatic heterocycles. The number of aromatic nitrogens is 2. The summed E-state index contributed by atoms with van der Waals surface area (Å²) in [7, 11) is 0. The number of anilines is 3. The van der Waals surface area contributed by atoms with Gasteiger partial charge in [-0.25, -0.2) is 4.79 Å². The lowest BCUT2D eigenvalue weighted by Gasteiger charge is -2.30. The summed E-state index contributed by atoms with van der Waals surface area (Å²) in [5.74, 6) is 0.478. The number of carbonyl (C=O) groups is 2. The van der Waals surface area contributed by atoms with E-state index in [1.54, 1.807) is 0 Å². The summed E-state index contributed by atoms with van der Waals surface area (Å²) in [6.07, 6.45) is 2.66. The number of alkyl carbamates (subject to hydrolysis) is 1. The number of ether oxygens (including phenoxy) is 1. The molecule has 1 heterocycles. The van der Waals surface area contributed by atoms with Crippen LogP contribution < -0.4 is 16.0 Å². The first kappa shape index (κ1) is 24.6. The Balaban J connectivity index is 1.27. The number of rotatable bonds is 5. The highest BCUT2D eigenvalue weighted by atomic mass is 16.6. The van der Waals surface area contributed by atoms with E-state index in [4.69, 9.17) is 4.74 Å². The number of benzene rings is 3. The number of fused-ring (bicyclic) bond motifs is 2. The zero-order chi connectivity index (χ0) is 26.0. The average molecular weight is 500 g/mol. The highest BCUT2D eigenvalue weighted by Gasteiger charge is 2.29. The van der Waals surface area contributed by atoms with Crippen molar-refractivity contribution in [3.8, 4) is 0 Å². The van der Waals surface area contributed by atoms with Gasteiger partial charge in [0.25, 0.3) is 0 Å². The monoisotopic (exact) mass is 499 g/mol. The molecule has 2 unspecified atom stereocenters. The van der Waals surface area contributed by atoms with Gasteiger partial charge >= 0.3 is 6.09 Å². The topological polar surface area (TPSA) is 108 Å². The van der Waals surface area contributed by atoms with Crippen molar-refractivity contribution in [2.24, 2.45) is 5.92 Å². The molecule has 1 aliphatic carbocycles. The van der Waals surface area contributed by atoms with Gasteiger partial charge in [0.1, 0.15) is 5.60 Å². The van der Waals surface area contributed by atoms with Crippen molar-refractivity contribution in [1.29, 1.82) is 0 Å². The number of amides is 2. The SMILES string of the molecule is CC(C)(C)OC(=O)NC1CCCC(C(=O)Nc2ccc3[nH]nc(Nc4cccc5ccccc45)c3c2)C1. The standard InChI is InChI=1S/C29H33N5O3/c1-29(2,3)37-28(36)31-20-11-6-10-19(16-20)27(35)30-21-14-15-25-23(17-21)26(34-33-25)32-24-13-7-9-18-8-4-5-12-22(18)24/h4-5,7-9,12-15,17,19-20H,6,10-11,16H2,1-3H3,(H,30,35)(H,31,36)(H2,32,33,34). The Labute approximate surface area is 216 Å². The van der Waals surface area contributed by atoms with Crippen LogP contribution in [0.2, 0.25) is 0 Å². The maximum Gasteiger partial charge on any atom is 0.407 e. The van der Waals surface area contributed by atoms with Crippen molar-refractivity contribution in [2.75, 3.05) is 10.6 Å². The molecule has 2 amide bonds. The summed E-state index contributed by atoms with van der Waals surface area (Å²) in [6.45, 7) is 5.51. The Morgan fingerprint density at radius 2 is 1.81 bits per heavy atom. The predicted octanol–water partition coefficient (Wildman–Crippen LogP) is 6.48. The van der Waals surface area contributed by atoms with E-state index in [0.29, 0.717) is 17.9 Å². The van der Waals surface area contributed by atoms with E-state index in [9.17, 15) is 9.59 Å². The number of nitrogens with one attached hydrogen (secondary N) is 4. The quantitative estimate of drug-likeness (QED) is 0.251. The van der Waals surface area contributed by atoms with Crippen molar-refractivity contribution in [3.05, 3.63) is 60.7 Å². The maximum atomic E-state index is 13.1. The van der Waals surface area contributed by atoms with E-state index in [1.165, 1.54) is 0 Å². The Hall–Kier alpha value is -4.07. The van der Waals surface area contributed by atoms with Crippen LogP contribution in [0.3, 0.4) is 0 Å². The Morgan fingerprint density at radius 1 is 1.00 bits per heavy atom.